The fraction of sp³-hybridized carbons (Fsp3) is 0.214. The van der Waals surface area contributed by atoms with E-state index in [0.29, 0.717) is 23.1 Å². The summed E-state index contributed by atoms with van der Waals surface area (Å²) in [7, 11) is 0. The van der Waals surface area contributed by atoms with E-state index in [-0.39, 0.29) is 0 Å². The zero-order valence-electron chi connectivity index (χ0n) is 10.4. The van der Waals surface area contributed by atoms with E-state index in [2.05, 4.69) is 26.2 Å². The van der Waals surface area contributed by atoms with Gasteiger partial charge in [-0.3, -0.25) is 4.98 Å². The normalized spacial score (nSPS) is 11.4. The third kappa shape index (κ3) is 3.96. The summed E-state index contributed by atoms with van der Waals surface area (Å²) in [5.41, 5.74) is 0.653. The van der Waals surface area contributed by atoms with Crippen LogP contribution in [-0.2, 0) is 12.6 Å². The maximum Gasteiger partial charge on any atom is 0.416 e. The molecule has 1 aromatic carbocycles. The predicted molar refractivity (Wildman–Crippen MR) is 75.6 cm³/mol. The van der Waals surface area contributed by atoms with Crippen molar-refractivity contribution in [2.45, 2.75) is 12.6 Å². The highest BCUT2D eigenvalue weighted by atomic mass is 79.9. The van der Waals surface area contributed by atoms with Crippen LogP contribution >= 0.6 is 15.9 Å². The number of alkyl halides is 3. The van der Waals surface area contributed by atoms with Gasteiger partial charge in [-0.2, -0.15) is 13.2 Å². The SMILES string of the molecule is FC(F)(F)c1ccc(Br)c(NCCc2ccccn2)c1. The molecule has 0 radical (unpaired) electrons. The molecule has 1 heterocycles. The first-order valence-corrected chi connectivity index (χ1v) is 6.76. The molecule has 2 aromatic rings. The summed E-state index contributed by atoms with van der Waals surface area (Å²) in [6.45, 7) is 0.511. The van der Waals surface area contributed by atoms with Crippen LogP contribution in [0.1, 0.15) is 11.3 Å². The molecule has 0 aliphatic heterocycles. The second-order valence-electron chi connectivity index (χ2n) is 4.19. The molecular weight excluding hydrogens is 333 g/mol. The van der Waals surface area contributed by atoms with Crippen molar-refractivity contribution in [1.82, 2.24) is 4.98 Å². The van der Waals surface area contributed by atoms with Gasteiger partial charge in [0.05, 0.1) is 5.56 Å². The second-order valence-corrected chi connectivity index (χ2v) is 5.04. The minimum absolute atomic E-state index is 0.427. The summed E-state index contributed by atoms with van der Waals surface area (Å²) >= 11 is 3.24. The van der Waals surface area contributed by atoms with Crippen molar-refractivity contribution in [2.24, 2.45) is 0 Å². The summed E-state index contributed by atoms with van der Waals surface area (Å²) in [6.07, 6.45) is -2.00. The fourth-order valence-electron chi connectivity index (χ4n) is 1.71. The molecule has 0 bridgehead atoms. The zero-order chi connectivity index (χ0) is 14.6. The highest BCUT2D eigenvalue weighted by Gasteiger charge is 2.30. The number of nitrogens with one attached hydrogen (secondary N) is 1. The van der Waals surface area contributed by atoms with E-state index in [9.17, 15) is 13.2 Å². The third-order valence-electron chi connectivity index (χ3n) is 2.72. The number of aromatic nitrogens is 1. The Morgan fingerprint density at radius 2 is 1.95 bits per heavy atom. The first kappa shape index (κ1) is 14.8. The van der Waals surface area contributed by atoms with Gasteiger partial charge >= 0.3 is 6.18 Å². The van der Waals surface area contributed by atoms with E-state index in [4.69, 9.17) is 0 Å². The van der Waals surface area contributed by atoms with Crippen molar-refractivity contribution in [3.05, 3.63) is 58.3 Å². The Morgan fingerprint density at radius 1 is 1.15 bits per heavy atom. The van der Waals surface area contributed by atoms with Crippen molar-refractivity contribution in [1.29, 1.82) is 0 Å². The topological polar surface area (TPSA) is 24.9 Å². The van der Waals surface area contributed by atoms with Crippen LogP contribution in [0.15, 0.2) is 47.1 Å². The van der Waals surface area contributed by atoms with E-state index < -0.39 is 11.7 Å². The number of nitrogens with zero attached hydrogens (tertiary/aromatic N) is 1. The predicted octanol–water partition coefficient (Wildman–Crippen LogP) is 4.52. The molecule has 2 nitrogen and oxygen atoms in total. The molecule has 2 rings (SSSR count). The smallest absolute Gasteiger partial charge is 0.384 e. The number of anilines is 1. The average Bonchev–Trinajstić information content (AvgIpc) is 2.41. The second kappa shape index (κ2) is 6.26. The molecule has 1 aromatic heterocycles. The molecule has 0 amide bonds. The third-order valence-corrected chi connectivity index (χ3v) is 3.41. The molecule has 0 aliphatic carbocycles. The first-order chi connectivity index (χ1) is 9.47. The van der Waals surface area contributed by atoms with Crippen molar-refractivity contribution in [3.8, 4) is 0 Å². The van der Waals surface area contributed by atoms with Gasteiger partial charge < -0.3 is 5.32 Å². The van der Waals surface area contributed by atoms with Crippen LogP contribution in [0.25, 0.3) is 0 Å². The lowest BCUT2D eigenvalue weighted by molar-refractivity contribution is -0.137. The Hall–Kier alpha value is -1.56. The molecule has 106 valence electrons. The van der Waals surface area contributed by atoms with Crippen molar-refractivity contribution >= 4 is 21.6 Å². The highest BCUT2D eigenvalue weighted by Crippen LogP contribution is 2.33. The van der Waals surface area contributed by atoms with Gasteiger partial charge in [0.15, 0.2) is 0 Å². The van der Waals surface area contributed by atoms with Crippen molar-refractivity contribution in [2.75, 3.05) is 11.9 Å². The Labute approximate surface area is 123 Å². The summed E-state index contributed by atoms with van der Waals surface area (Å²) in [5, 5.41) is 2.99. The van der Waals surface area contributed by atoms with E-state index in [0.717, 1.165) is 17.8 Å². The summed E-state index contributed by atoms with van der Waals surface area (Å²) in [4.78, 5) is 4.16. The van der Waals surface area contributed by atoms with E-state index in [1.54, 1.807) is 6.20 Å². The summed E-state index contributed by atoms with van der Waals surface area (Å²) < 4.78 is 38.5. The van der Waals surface area contributed by atoms with E-state index >= 15 is 0 Å². The molecular formula is C14H12BrF3N2. The summed E-state index contributed by atoms with van der Waals surface area (Å²) in [6, 6.07) is 9.12. The highest BCUT2D eigenvalue weighted by molar-refractivity contribution is 9.10. The largest absolute Gasteiger partial charge is 0.416 e. The number of rotatable bonds is 4. The Kier molecular flexibility index (Phi) is 4.65. The molecule has 0 aliphatic rings. The fourth-order valence-corrected chi connectivity index (χ4v) is 2.10. The van der Waals surface area contributed by atoms with Crippen LogP contribution in [0.3, 0.4) is 0 Å². The van der Waals surface area contributed by atoms with Crippen molar-refractivity contribution in [3.63, 3.8) is 0 Å². The van der Waals surface area contributed by atoms with Crippen LogP contribution in [0.5, 0.6) is 0 Å². The number of benzene rings is 1. The quantitative estimate of drug-likeness (QED) is 0.882. The standard InChI is InChI=1S/C14H12BrF3N2/c15-12-5-4-10(14(16,17)18)9-13(12)20-8-6-11-3-1-2-7-19-11/h1-5,7,9,20H,6,8H2. The Bertz CT molecular complexity index is 570. The maximum atomic E-state index is 12.6. The molecule has 0 saturated heterocycles. The molecule has 0 fully saturated rings. The van der Waals surface area contributed by atoms with Gasteiger partial charge in [0.1, 0.15) is 0 Å². The number of hydrogen-bond donors (Lipinski definition) is 1. The molecule has 0 spiro atoms. The first-order valence-electron chi connectivity index (χ1n) is 5.97. The van der Waals surface area contributed by atoms with Crippen LogP contribution in [0.4, 0.5) is 18.9 Å². The number of halogens is 4. The van der Waals surface area contributed by atoms with Gasteiger partial charge in [0.2, 0.25) is 0 Å². The Balaban J connectivity index is 2.02. The molecule has 20 heavy (non-hydrogen) atoms. The minimum atomic E-state index is -4.34. The number of pyridine rings is 1. The minimum Gasteiger partial charge on any atom is -0.384 e. The van der Waals surface area contributed by atoms with Crippen LogP contribution in [-0.4, -0.2) is 11.5 Å². The van der Waals surface area contributed by atoms with E-state index in [1.807, 2.05) is 18.2 Å². The molecule has 1 N–H and O–H groups in total. The zero-order valence-corrected chi connectivity index (χ0v) is 12.0. The average molecular weight is 345 g/mol. The van der Waals surface area contributed by atoms with E-state index in [1.165, 1.54) is 6.07 Å². The molecule has 0 saturated carbocycles. The monoisotopic (exact) mass is 344 g/mol. The van der Waals surface area contributed by atoms with Crippen LogP contribution in [0, 0.1) is 0 Å². The maximum absolute atomic E-state index is 12.6. The Morgan fingerprint density at radius 3 is 2.60 bits per heavy atom. The van der Waals surface area contributed by atoms with Gasteiger partial charge in [-0.25, -0.2) is 0 Å². The molecule has 6 heteroatoms. The number of hydrogen-bond acceptors (Lipinski definition) is 2. The van der Waals surface area contributed by atoms with Crippen molar-refractivity contribution < 1.29 is 13.2 Å². The lowest BCUT2D eigenvalue weighted by Gasteiger charge is -2.12. The molecule has 0 unspecified atom stereocenters. The van der Waals surface area contributed by atoms with Gasteiger partial charge in [-0.05, 0) is 46.3 Å². The van der Waals surface area contributed by atoms with Gasteiger partial charge in [0.25, 0.3) is 0 Å². The van der Waals surface area contributed by atoms with Crippen LogP contribution in [0.2, 0.25) is 0 Å². The van der Waals surface area contributed by atoms with Gasteiger partial charge in [-0.1, -0.05) is 6.07 Å². The lowest BCUT2D eigenvalue weighted by Crippen LogP contribution is -2.09. The summed E-state index contributed by atoms with van der Waals surface area (Å²) in [5.74, 6) is 0. The lowest BCUT2D eigenvalue weighted by atomic mass is 10.2. The van der Waals surface area contributed by atoms with Gasteiger partial charge in [0, 0.05) is 35.0 Å². The van der Waals surface area contributed by atoms with Crippen LogP contribution < -0.4 is 5.32 Å². The van der Waals surface area contributed by atoms with Gasteiger partial charge in [-0.15, -0.1) is 0 Å². The molecule has 0 atom stereocenters.